The maximum atomic E-state index is 10.9. The Balaban J connectivity index is 1.78. The van der Waals surface area contributed by atoms with Crippen LogP contribution >= 0.6 is 0 Å². The third kappa shape index (κ3) is 3.33. The minimum atomic E-state index is -0.463. The van der Waals surface area contributed by atoms with E-state index in [0.29, 0.717) is 32.1 Å². The molecule has 0 saturated carbocycles. The van der Waals surface area contributed by atoms with E-state index in [0.717, 1.165) is 19.5 Å². The van der Waals surface area contributed by atoms with Gasteiger partial charge in [0.25, 0.3) is 0 Å². The number of morpholine rings is 1. The number of primary amides is 1. The van der Waals surface area contributed by atoms with Crippen molar-refractivity contribution in [3.8, 4) is 0 Å². The second-order valence-corrected chi connectivity index (χ2v) is 4.52. The lowest BCUT2D eigenvalue weighted by atomic mass is 10.2. The van der Waals surface area contributed by atoms with Crippen molar-refractivity contribution in [1.29, 1.82) is 0 Å². The molecule has 2 fully saturated rings. The monoisotopic (exact) mass is 256 g/mol. The van der Waals surface area contributed by atoms with Crippen LogP contribution in [0.4, 0.5) is 0 Å². The van der Waals surface area contributed by atoms with Crippen LogP contribution in [0, 0.1) is 0 Å². The second kappa shape index (κ2) is 6.01. The number of nitrogens with two attached hydrogens (primary N) is 2. The third-order valence-electron chi connectivity index (χ3n) is 3.22. The van der Waals surface area contributed by atoms with Crippen molar-refractivity contribution in [2.45, 2.75) is 25.0 Å². The molecule has 18 heavy (non-hydrogen) atoms. The van der Waals surface area contributed by atoms with Gasteiger partial charge in [0.1, 0.15) is 6.10 Å². The Morgan fingerprint density at radius 1 is 1.28 bits per heavy atom. The zero-order chi connectivity index (χ0) is 13.0. The molecule has 7 heteroatoms. The molecule has 2 unspecified atom stereocenters. The van der Waals surface area contributed by atoms with Gasteiger partial charge in [-0.1, -0.05) is 0 Å². The average molecular weight is 256 g/mol. The zero-order valence-corrected chi connectivity index (χ0v) is 10.4. The van der Waals surface area contributed by atoms with Crippen molar-refractivity contribution in [3.05, 3.63) is 0 Å². The van der Waals surface area contributed by atoms with Crippen LogP contribution in [0.5, 0.6) is 0 Å². The topological polar surface area (TPSA) is 103 Å². The van der Waals surface area contributed by atoms with Crippen molar-refractivity contribution in [2.24, 2.45) is 16.5 Å². The third-order valence-corrected chi connectivity index (χ3v) is 3.22. The lowest BCUT2D eigenvalue weighted by Gasteiger charge is -2.27. The summed E-state index contributed by atoms with van der Waals surface area (Å²) < 4.78 is 10.7. The number of nitrogens with zero attached hydrogens (tertiary/aromatic N) is 2. The molecule has 0 aromatic carbocycles. The lowest BCUT2D eigenvalue weighted by molar-refractivity contribution is -0.128. The highest BCUT2D eigenvalue weighted by Crippen LogP contribution is 2.19. The van der Waals surface area contributed by atoms with Gasteiger partial charge in [0.05, 0.1) is 25.9 Å². The number of guanidine groups is 1. The van der Waals surface area contributed by atoms with Gasteiger partial charge in [0.2, 0.25) is 5.91 Å². The van der Waals surface area contributed by atoms with Gasteiger partial charge in [0.15, 0.2) is 5.96 Å². The average Bonchev–Trinajstić information content (AvgIpc) is 2.86. The summed E-state index contributed by atoms with van der Waals surface area (Å²) in [5, 5.41) is 0. The quantitative estimate of drug-likeness (QED) is 0.481. The minimum absolute atomic E-state index is 0.0536. The summed E-state index contributed by atoms with van der Waals surface area (Å²) in [6, 6.07) is 0. The van der Waals surface area contributed by atoms with E-state index >= 15 is 0 Å². The Morgan fingerprint density at radius 2 is 2.00 bits per heavy atom. The Bertz CT molecular complexity index is 328. The molecule has 0 spiro atoms. The van der Waals surface area contributed by atoms with Crippen LogP contribution in [0.25, 0.3) is 0 Å². The van der Waals surface area contributed by atoms with Crippen molar-refractivity contribution in [3.63, 3.8) is 0 Å². The van der Waals surface area contributed by atoms with E-state index in [4.69, 9.17) is 20.9 Å². The number of carbonyl (C=O) groups is 1. The van der Waals surface area contributed by atoms with Gasteiger partial charge in [-0.2, -0.15) is 0 Å². The molecule has 7 nitrogen and oxygen atoms in total. The van der Waals surface area contributed by atoms with Crippen LogP contribution in [0.3, 0.4) is 0 Å². The maximum Gasteiger partial charge on any atom is 0.246 e. The minimum Gasteiger partial charge on any atom is -0.378 e. The largest absolute Gasteiger partial charge is 0.378 e. The Hall–Kier alpha value is -1.34. The maximum absolute atomic E-state index is 10.9. The molecular weight excluding hydrogens is 236 g/mol. The number of amides is 1. The van der Waals surface area contributed by atoms with Gasteiger partial charge in [0, 0.05) is 13.1 Å². The van der Waals surface area contributed by atoms with Crippen LogP contribution in [-0.4, -0.2) is 61.8 Å². The van der Waals surface area contributed by atoms with Crippen molar-refractivity contribution >= 4 is 11.9 Å². The standard InChI is InChI=1S/C11H20N4O3/c12-10(16)9-2-1-8(18-9)7-14-11(13)15-3-5-17-6-4-15/h8-9H,1-7H2,(H2,12,16)(H2,13,14). The first kappa shape index (κ1) is 13.1. The normalized spacial score (nSPS) is 29.6. The molecule has 0 aromatic heterocycles. The number of hydrogen-bond acceptors (Lipinski definition) is 4. The number of hydrogen-bond donors (Lipinski definition) is 2. The van der Waals surface area contributed by atoms with Gasteiger partial charge < -0.3 is 25.8 Å². The van der Waals surface area contributed by atoms with Crippen LogP contribution in [-0.2, 0) is 14.3 Å². The highest BCUT2D eigenvalue weighted by molar-refractivity contribution is 5.79. The number of carbonyl (C=O) groups excluding carboxylic acids is 1. The molecule has 0 radical (unpaired) electrons. The molecule has 2 saturated heterocycles. The summed E-state index contributed by atoms with van der Waals surface area (Å²) in [6.45, 7) is 3.38. The first-order valence-corrected chi connectivity index (χ1v) is 6.24. The number of ether oxygens (including phenoxy) is 2. The molecule has 4 N–H and O–H groups in total. The molecular formula is C11H20N4O3. The summed E-state index contributed by atoms with van der Waals surface area (Å²) in [5.74, 6) is 0.118. The highest BCUT2D eigenvalue weighted by Gasteiger charge is 2.28. The van der Waals surface area contributed by atoms with Crippen molar-refractivity contribution < 1.29 is 14.3 Å². The smallest absolute Gasteiger partial charge is 0.246 e. The van der Waals surface area contributed by atoms with E-state index in [1.165, 1.54) is 0 Å². The summed E-state index contributed by atoms with van der Waals surface area (Å²) in [5.41, 5.74) is 11.1. The Kier molecular flexibility index (Phi) is 4.38. The van der Waals surface area contributed by atoms with Crippen molar-refractivity contribution in [2.75, 3.05) is 32.8 Å². The van der Waals surface area contributed by atoms with Crippen LogP contribution in [0.2, 0.25) is 0 Å². The molecule has 0 aromatic rings. The fraction of sp³-hybridized carbons (Fsp3) is 0.818. The SMILES string of the molecule is NC(=O)C1CCC(CN=C(N)N2CCOCC2)O1. The molecule has 2 aliphatic heterocycles. The highest BCUT2D eigenvalue weighted by atomic mass is 16.5. The fourth-order valence-electron chi connectivity index (χ4n) is 2.14. The van der Waals surface area contributed by atoms with Gasteiger partial charge >= 0.3 is 0 Å². The van der Waals surface area contributed by atoms with Crippen LogP contribution in [0.1, 0.15) is 12.8 Å². The molecule has 2 heterocycles. The molecule has 0 bridgehead atoms. The summed E-state index contributed by atoms with van der Waals surface area (Å²) in [4.78, 5) is 17.2. The van der Waals surface area contributed by atoms with Gasteiger partial charge in [-0.3, -0.25) is 9.79 Å². The first-order valence-electron chi connectivity index (χ1n) is 6.24. The fourth-order valence-corrected chi connectivity index (χ4v) is 2.14. The zero-order valence-electron chi connectivity index (χ0n) is 10.4. The van der Waals surface area contributed by atoms with E-state index in [9.17, 15) is 4.79 Å². The lowest BCUT2D eigenvalue weighted by Crippen LogP contribution is -2.45. The second-order valence-electron chi connectivity index (χ2n) is 4.52. The predicted octanol–water partition coefficient (Wildman–Crippen LogP) is -1.33. The predicted molar refractivity (Wildman–Crippen MR) is 66.0 cm³/mol. The molecule has 0 aliphatic carbocycles. The van der Waals surface area contributed by atoms with E-state index in [2.05, 4.69) is 4.99 Å². The Labute approximate surface area is 106 Å². The molecule has 2 rings (SSSR count). The summed E-state index contributed by atoms with van der Waals surface area (Å²) in [6.07, 6.45) is 0.956. The van der Waals surface area contributed by atoms with E-state index in [1.807, 2.05) is 4.90 Å². The van der Waals surface area contributed by atoms with Crippen LogP contribution < -0.4 is 11.5 Å². The van der Waals surface area contributed by atoms with E-state index in [1.54, 1.807) is 0 Å². The van der Waals surface area contributed by atoms with Gasteiger partial charge in [-0.05, 0) is 12.8 Å². The molecule has 2 atom stereocenters. The van der Waals surface area contributed by atoms with E-state index < -0.39 is 12.0 Å². The summed E-state index contributed by atoms with van der Waals surface area (Å²) in [7, 11) is 0. The number of aliphatic imine (C=N–C) groups is 1. The molecule has 102 valence electrons. The Morgan fingerprint density at radius 3 is 2.61 bits per heavy atom. The first-order chi connectivity index (χ1) is 8.66. The van der Waals surface area contributed by atoms with Gasteiger partial charge in [-0.25, -0.2) is 0 Å². The molecule has 2 aliphatic rings. The van der Waals surface area contributed by atoms with Crippen molar-refractivity contribution in [1.82, 2.24) is 4.90 Å². The van der Waals surface area contributed by atoms with Crippen LogP contribution in [0.15, 0.2) is 4.99 Å². The van der Waals surface area contributed by atoms with E-state index in [-0.39, 0.29) is 6.10 Å². The molecule has 1 amide bonds. The van der Waals surface area contributed by atoms with Gasteiger partial charge in [-0.15, -0.1) is 0 Å². The summed E-state index contributed by atoms with van der Waals surface area (Å²) >= 11 is 0. The number of rotatable bonds is 3.